The first kappa shape index (κ1) is 20.8. The molecule has 26 heavy (non-hydrogen) atoms. The molecule has 0 aromatic heterocycles. The third-order valence-corrected chi connectivity index (χ3v) is 5.70. The van der Waals surface area contributed by atoms with Crippen LogP contribution in [0, 0.1) is 5.92 Å². The summed E-state index contributed by atoms with van der Waals surface area (Å²) in [5.41, 5.74) is -1.40. The highest BCUT2D eigenvalue weighted by molar-refractivity contribution is 7.92. The standard InChI is InChI=1S/C16H20ClF3N2O3S/c1-11-4-3-7-21(9-11)15(23)10-22(26(2,24)25)12-5-6-14(17)13(8-12)16(18,19)20/h5-6,8,11H,3-4,7,9-10H2,1-2H3/t11-/m1/s1. The van der Waals surface area contributed by atoms with E-state index in [4.69, 9.17) is 11.6 Å². The minimum Gasteiger partial charge on any atom is -0.341 e. The maximum Gasteiger partial charge on any atom is 0.417 e. The van der Waals surface area contributed by atoms with Gasteiger partial charge in [-0.05, 0) is 37.0 Å². The highest BCUT2D eigenvalue weighted by Gasteiger charge is 2.35. The van der Waals surface area contributed by atoms with Crippen molar-refractivity contribution >= 4 is 33.2 Å². The van der Waals surface area contributed by atoms with Gasteiger partial charge >= 0.3 is 6.18 Å². The molecule has 0 bridgehead atoms. The van der Waals surface area contributed by atoms with Gasteiger partial charge in [-0.15, -0.1) is 0 Å². The summed E-state index contributed by atoms with van der Waals surface area (Å²) in [4.78, 5) is 14.0. The lowest BCUT2D eigenvalue weighted by atomic mass is 10.0. The van der Waals surface area contributed by atoms with E-state index >= 15 is 0 Å². The van der Waals surface area contributed by atoms with E-state index in [-0.39, 0.29) is 5.69 Å². The highest BCUT2D eigenvalue weighted by Crippen LogP contribution is 2.37. The number of amides is 1. The summed E-state index contributed by atoms with van der Waals surface area (Å²) >= 11 is 5.58. The van der Waals surface area contributed by atoms with E-state index in [1.165, 1.54) is 0 Å². The van der Waals surface area contributed by atoms with Crippen LogP contribution >= 0.6 is 11.6 Å². The Morgan fingerprint density at radius 2 is 2.04 bits per heavy atom. The Bertz CT molecular complexity index is 783. The van der Waals surface area contributed by atoms with Crippen LogP contribution in [0.4, 0.5) is 18.9 Å². The fourth-order valence-electron chi connectivity index (χ4n) is 2.92. The number of carbonyl (C=O) groups excluding carboxylic acids is 1. The molecule has 1 saturated heterocycles. The first-order valence-corrected chi connectivity index (χ1v) is 10.2. The first-order valence-electron chi connectivity index (χ1n) is 8.02. The van der Waals surface area contributed by atoms with E-state index in [0.29, 0.717) is 29.4 Å². The van der Waals surface area contributed by atoms with Crippen molar-refractivity contribution in [3.63, 3.8) is 0 Å². The number of piperidine rings is 1. The Hall–Kier alpha value is -1.48. The van der Waals surface area contributed by atoms with Gasteiger partial charge in [-0.25, -0.2) is 8.42 Å². The van der Waals surface area contributed by atoms with Gasteiger partial charge in [-0.3, -0.25) is 9.10 Å². The summed E-state index contributed by atoms with van der Waals surface area (Å²) in [6.07, 6.45) is -2.10. The van der Waals surface area contributed by atoms with E-state index in [0.717, 1.165) is 31.2 Å². The number of carbonyl (C=O) groups is 1. The number of nitrogens with zero attached hydrogens (tertiary/aromatic N) is 2. The van der Waals surface area contributed by atoms with Crippen LogP contribution < -0.4 is 4.31 Å². The molecule has 0 radical (unpaired) electrons. The number of rotatable bonds is 4. The molecule has 0 saturated carbocycles. The molecular weight excluding hydrogens is 393 g/mol. The molecule has 1 aliphatic heterocycles. The number of likely N-dealkylation sites (tertiary alicyclic amines) is 1. The molecule has 1 amide bonds. The molecule has 0 N–H and O–H groups in total. The fraction of sp³-hybridized carbons (Fsp3) is 0.562. The van der Waals surface area contributed by atoms with Crippen LogP contribution in [0.2, 0.25) is 5.02 Å². The SMILES string of the molecule is C[C@@H]1CCCN(C(=O)CN(c2ccc(Cl)c(C(F)(F)F)c2)S(C)(=O)=O)C1. The normalized spacial score (nSPS) is 18.7. The molecule has 1 fully saturated rings. The molecule has 0 unspecified atom stereocenters. The van der Waals surface area contributed by atoms with Gasteiger partial charge < -0.3 is 4.90 Å². The highest BCUT2D eigenvalue weighted by atomic mass is 35.5. The maximum atomic E-state index is 13.1. The minimum absolute atomic E-state index is 0.248. The van der Waals surface area contributed by atoms with Crippen LogP contribution in [0.1, 0.15) is 25.3 Å². The van der Waals surface area contributed by atoms with Crippen LogP contribution in [-0.2, 0) is 21.0 Å². The van der Waals surface area contributed by atoms with E-state index < -0.39 is 39.2 Å². The van der Waals surface area contributed by atoms with Gasteiger partial charge in [0.25, 0.3) is 0 Å². The van der Waals surface area contributed by atoms with Crippen molar-refractivity contribution in [3.8, 4) is 0 Å². The topological polar surface area (TPSA) is 57.7 Å². The van der Waals surface area contributed by atoms with Crippen molar-refractivity contribution in [2.24, 2.45) is 5.92 Å². The smallest absolute Gasteiger partial charge is 0.341 e. The van der Waals surface area contributed by atoms with Gasteiger partial charge in [0.15, 0.2) is 0 Å². The van der Waals surface area contributed by atoms with Gasteiger partial charge in [0.1, 0.15) is 6.54 Å². The van der Waals surface area contributed by atoms with E-state index in [1.807, 2.05) is 6.92 Å². The number of alkyl halides is 3. The quantitative estimate of drug-likeness (QED) is 0.761. The summed E-state index contributed by atoms with van der Waals surface area (Å²) in [7, 11) is -3.96. The summed E-state index contributed by atoms with van der Waals surface area (Å²) in [5, 5.41) is -0.536. The lowest BCUT2D eigenvalue weighted by molar-refractivity contribution is -0.137. The minimum atomic E-state index is -4.73. The summed E-state index contributed by atoms with van der Waals surface area (Å²) in [6.45, 7) is 2.45. The number of benzene rings is 1. The molecule has 2 rings (SSSR count). The number of hydrogen-bond donors (Lipinski definition) is 0. The van der Waals surface area contributed by atoms with Crippen molar-refractivity contribution in [2.75, 3.05) is 30.2 Å². The predicted molar refractivity (Wildman–Crippen MR) is 93.6 cm³/mol. The summed E-state index contributed by atoms with van der Waals surface area (Å²) in [5.74, 6) is -0.141. The fourth-order valence-corrected chi connectivity index (χ4v) is 3.99. The average molecular weight is 413 g/mol. The summed E-state index contributed by atoms with van der Waals surface area (Å²) < 4.78 is 64.1. The molecule has 5 nitrogen and oxygen atoms in total. The molecule has 1 aliphatic rings. The van der Waals surface area contributed by atoms with Gasteiger partial charge in [-0.2, -0.15) is 13.2 Å². The zero-order valence-electron chi connectivity index (χ0n) is 14.4. The zero-order valence-corrected chi connectivity index (χ0v) is 16.0. The number of sulfonamides is 1. The Balaban J connectivity index is 2.33. The largest absolute Gasteiger partial charge is 0.417 e. The van der Waals surface area contributed by atoms with E-state index in [2.05, 4.69) is 0 Å². The van der Waals surface area contributed by atoms with Crippen molar-refractivity contribution in [1.82, 2.24) is 4.90 Å². The molecule has 10 heteroatoms. The van der Waals surface area contributed by atoms with Gasteiger partial charge in [0, 0.05) is 13.1 Å². The molecule has 146 valence electrons. The predicted octanol–water partition coefficient (Wildman–Crippen LogP) is 3.38. The van der Waals surface area contributed by atoms with Crippen LogP contribution in [0.15, 0.2) is 18.2 Å². The molecule has 1 heterocycles. The Morgan fingerprint density at radius 1 is 1.38 bits per heavy atom. The number of anilines is 1. The van der Waals surface area contributed by atoms with Gasteiger partial charge in [-0.1, -0.05) is 18.5 Å². The molecule has 0 aliphatic carbocycles. The third-order valence-electron chi connectivity index (χ3n) is 4.23. The van der Waals surface area contributed by atoms with Crippen LogP contribution in [0.3, 0.4) is 0 Å². The Morgan fingerprint density at radius 3 is 2.58 bits per heavy atom. The van der Waals surface area contributed by atoms with Crippen molar-refractivity contribution in [1.29, 1.82) is 0 Å². The molecule has 1 aromatic carbocycles. The second-order valence-electron chi connectivity index (χ2n) is 6.52. The third kappa shape index (κ3) is 5.03. The second-order valence-corrected chi connectivity index (χ2v) is 8.83. The summed E-state index contributed by atoms with van der Waals surface area (Å²) in [6, 6.07) is 2.78. The monoisotopic (exact) mass is 412 g/mol. The second kappa shape index (κ2) is 7.64. The van der Waals surface area contributed by atoms with Crippen molar-refractivity contribution in [3.05, 3.63) is 28.8 Å². The van der Waals surface area contributed by atoms with Crippen LogP contribution in [0.5, 0.6) is 0 Å². The first-order chi connectivity index (χ1) is 11.9. The zero-order chi connectivity index (χ0) is 19.7. The van der Waals surface area contributed by atoms with Crippen LogP contribution in [-0.4, -0.2) is 45.1 Å². The lowest BCUT2D eigenvalue weighted by Gasteiger charge is -2.33. The molecule has 1 atom stereocenters. The van der Waals surface area contributed by atoms with Crippen LogP contribution in [0.25, 0.3) is 0 Å². The lowest BCUT2D eigenvalue weighted by Crippen LogP contribution is -2.46. The molecular formula is C16H20ClF3N2O3S. The van der Waals surface area contributed by atoms with E-state index in [9.17, 15) is 26.4 Å². The molecule has 1 aromatic rings. The number of hydrogen-bond acceptors (Lipinski definition) is 3. The number of halogens is 4. The van der Waals surface area contributed by atoms with Gasteiger partial charge in [0.05, 0.1) is 22.5 Å². The Labute approximate surface area is 155 Å². The maximum absolute atomic E-state index is 13.1. The van der Waals surface area contributed by atoms with Crippen molar-refractivity contribution in [2.45, 2.75) is 25.9 Å². The Kier molecular flexibility index (Phi) is 6.12. The van der Waals surface area contributed by atoms with Crippen molar-refractivity contribution < 1.29 is 26.4 Å². The van der Waals surface area contributed by atoms with E-state index in [1.54, 1.807) is 4.90 Å². The molecule has 0 spiro atoms. The van der Waals surface area contributed by atoms with Gasteiger partial charge in [0.2, 0.25) is 15.9 Å². The average Bonchev–Trinajstić information content (AvgIpc) is 2.51.